The number of nitrogens with one attached hydrogen (secondary N) is 2. The summed E-state index contributed by atoms with van der Waals surface area (Å²) in [4.78, 5) is 24.9. The molecule has 2 N–H and O–H groups in total. The molecule has 2 amide bonds. The van der Waals surface area contributed by atoms with E-state index in [1.165, 1.54) is 24.3 Å². The predicted molar refractivity (Wildman–Crippen MR) is 100 cm³/mol. The Morgan fingerprint density at radius 2 is 1.81 bits per heavy atom. The molecule has 0 radical (unpaired) electrons. The van der Waals surface area contributed by atoms with Crippen LogP contribution in [0.5, 0.6) is 5.75 Å². The Morgan fingerprint density at radius 3 is 2.48 bits per heavy atom. The number of halogens is 1. The van der Waals surface area contributed by atoms with Crippen molar-refractivity contribution in [3.05, 3.63) is 59.9 Å². The molecule has 0 aliphatic rings. The van der Waals surface area contributed by atoms with Crippen LogP contribution in [0.4, 0.5) is 10.1 Å². The van der Waals surface area contributed by atoms with Crippen molar-refractivity contribution in [1.29, 1.82) is 0 Å². The lowest BCUT2D eigenvalue weighted by atomic mass is 10.1. The normalized spacial score (nSPS) is 11.5. The zero-order chi connectivity index (χ0) is 19.6. The van der Waals surface area contributed by atoms with Gasteiger partial charge < -0.3 is 20.1 Å². The van der Waals surface area contributed by atoms with Gasteiger partial charge in [0, 0.05) is 13.7 Å². The third kappa shape index (κ3) is 6.07. The Balaban J connectivity index is 2.07. The molecule has 0 heterocycles. The lowest BCUT2D eigenvalue weighted by molar-refractivity contribution is -0.122. The number of anilines is 1. The number of ether oxygens (including phenoxy) is 2. The second kappa shape index (κ2) is 10.3. The summed E-state index contributed by atoms with van der Waals surface area (Å²) in [5.74, 6) is -0.688. The second-order valence-electron chi connectivity index (χ2n) is 5.75. The average Bonchev–Trinajstić information content (AvgIpc) is 2.68. The predicted octanol–water partition coefficient (Wildman–Crippen LogP) is 3.00. The Bertz CT molecular complexity index is 765. The molecule has 0 aromatic heterocycles. The average molecular weight is 374 g/mol. The van der Waals surface area contributed by atoms with Crippen LogP contribution in [-0.2, 0) is 9.53 Å². The number of hydrogen-bond donors (Lipinski definition) is 2. The minimum atomic E-state index is -0.778. The van der Waals surface area contributed by atoms with Gasteiger partial charge in [-0.15, -0.1) is 0 Å². The molecular weight excluding hydrogens is 351 g/mol. The van der Waals surface area contributed by atoms with Crippen LogP contribution in [0.1, 0.15) is 23.7 Å². The fourth-order valence-electron chi connectivity index (χ4n) is 2.36. The maximum absolute atomic E-state index is 13.0. The zero-order valence-corrected chi connectivity index (χ0v) is 15.3. The molecule has 6 nitrogen and oxygen atoms in total. The smallest absolute Gasteiger partial charge is 0.265 e. The van der Waals surface area contributed by atoms with E-state index < -0.39 is 6.10 Å². The lowest BCUT2D eigenvalue weighted by Gasteiger charge is -2.18. The number of rotatable bonds is 9. The first kappa shape index (κ1) is 20.4. The SMILES string of the molecule is CC[C@H](Oc1ccc(F)cc1)C(=O)Nc1ccccc1C(=O)NCCOC. The zero-order valence-electron chi connectivity index (χ0n) is 15.3. The minimum absolute atomic E-state index is 0.310. The highest BCUT2D eigenvalue weighted by Gasteiger charge is 2.21. The molecule has 0 saturated heterocycles. The van der Waals surface area contributed by atoms with Gasteiger partial charge in [0.2, 0.25) is 0 Å². The van der Waals surface area contributed by atoms with Crippen LogP contribution >= 0.6 is 0 Å². The Hall–Kier alpha value is -2.93. The summed E-state index contributed by atoms with van der Waals surface area (Å²) in [6.45, 7) is 2.56. The van der Waals surface area contributed by atoms with Crippen LogP contribution in [0.2, 0.25) is 0 Å². The van der Waals surface area contributed by atoms with Crippen molar-refractivity contribution >= 4 is 17.5 Å². The molecule has 0 fully saturated rings. The summed E-state index contributed by atoms with van der Waals surface area (Å²) in [6, 6.07) is 12.2. The second-order valence-corrected chi connectivity index (χ2v) is 5.75. The molecule has 0 saturated carbocycles. The van der Waals surface area contributed by atoms with Gasteiger partial charge in [-0.2, -0.15) is 0 Å². The molecule has 7 heteroatoms. The van der Waals surface area contributed by atoms with E-state index in [9.17, 15) is 14.0 Å². The van der Waals surface area contributed by atoms with E-state index in [0.717, 1.165) is 0 Å². The van der Waals surface area contributed by atoms with Gasteiger partial charge >= 0.3 is 0 Å². The molecule has 2 rings (SSSR count). The van der Waals surface area contributed by atoms with Gasteiger partial charge in [-0.3, -0.25) is 9.59 Å². The van der Waals surface area contributed by atoms with Gasteiger partial charge in [-0.25, -0.2) is 4.39 Å². The Morgan fingerprint density at radius 1 is 1.11 bits per heavy atom. The maximum Gasteiger partial charge on any atom is 0.265 e. The molecule has 0 bridgehead atoms. The molecule has 1 atom stereocenters. The molecule has 27 heavy (non-hydrogen) atoms. The highest BCUT2D eigenvalue weighted by atomic mass is 19.1. The number of carbonyl (C=O) groups excluding carboxylic acids is 2. The third-order valence-corrected chi connectivity index (χ3v) is 3.78. The minimum Gasteiger partial charge on any atom is -0.481 e. The van der Waals surface area contributed by atoms with Gasteiger partial charge in [0.25, 0.3) is 11.8 Å². The first-order valence-corrected chi connectivity index (χ1v) is 8.64. The van der Waals surface area contributed by atoms with Crippen LogP contribution in [0, 0.1) is 5.82 Å². The molecule has 2 aromatic carbocycles. The highest BCUT2D eigenvalue weighted by molar-refractivity contribution is 6.04. The summed E-state index contributed by atoms with van der Waals surface area (Å²) in [6.07, 6.45) is -0.370. The van der Waals surface area contributed by atoms with Crippen molar-refractivity contribution in [2.75, 3.05) is 25.6 Å². The summed E-state index contributed by atoms with van der Waals surface area (Å²) in [7, 11) is 1.55. The van der Waals surface area contributed by atoms with E-state index in [-0.39, 0.29) is 17.6 Å². The highest BCUT2D eigenvalue weighted by Crippen LogP contribution is 2.18. The van der Waals surface area contributed by atoms with Gasteiger partial charge in [0.1, 0.15) is 11.6 Å². The maximum atomic E-state index is 13.0. The number of para-hydroxylation sites is 1. The first-order valence-electron chi connectivity index (χ1n) is 8.64. The summed E-state index contributed by atoms with van der Waals surface area (Å²) < 4.78 is 23.5. The summed E-state index contributed by atoms with van der Waals surface area (Å²) in [5.41, 5.74) is 0.733. The van der Waals surface area contributed by atoms with Gasteiger partial charge in [-0.1, -0.05) is 19.1 Å². The standard InChI is InChI=1S/C20H23FN2O4/c1-3-18(27-15-10-8-14(21)9-11-15)20(25)23-17-7-5-4-6-16(17)19(24)22-12-13-26-2/h4-11,18H,3,12-13H2,1-2H3,(H,22,24)(H,23,25)/t18-/m0/s1. The number of methoxy groups -OCH3 is 1. The van der Waals surface area contributed by atoms with E-state index in [2.05, 4.69) is 10.6 Å². The van der Waals surface area contributed by atoms with E-state index in [0.29, 0.717) is 36.6 Å². The fraction of sp³-hybridized carbons (Fsp3) is 0.300. The van der Waals surface area contributed by atoms with Gasteiger partial charge in [-0.05, 0) is 42.8 Å². The fourth-order valence-corrected chi connectivity index (χ4v) is 2.36. The quantitative estimate of drug-likeness (QED) is 0.662. The van der Waals surface area contributed by atoms with Crippen LogP contribution in [-0.4, -0.2) is 38.2 Å². The Kier molecular flexibility index (Phi) is 7.76. The van der Waals surface area contributed by atoms with Crippen LogP contribution in [0.15, 0.2) is 48.5 Å². The van der Waals surface area contributed by atoms with Crippen LogP contribution in [0.25, 0.3) is 0 Å². The number of hydrogen-bond acceptors (Lipinski definition) is 4. The molecular formula is C20H23FN2O4. The van der Waals surface area contributed by atoms with E-state index in [4.69, 9.17) is 9.47 Å². The van der Waals surface area contributed by atoms with Crippen molar-refractivity contribution in [3.8, 4) is 5.75 Å². The van der Waals surface area contributed by atoms with Gasteiger partial charge in [0.15, 0.2) is 6.10 Å². The number of benzene rings is 2. The summed E-state index contributed by atoms with van der Waals surface area (Å²) >= 11 is 0. The first-order chi connectivity index (χ1) is 13.0. The third-order valence-electron chi connectivity index (χ3n) is 3.78. The molecule has 0 spiro atoms. The molecule has 0 aliphatic heterocycles. The van der Waals surface area contributed by atoms with Crippen molar-refractivity contribution < 1.29 is 23.5 Å². The molecule has 0 unspecified atom stereocenters. The largest absolute Gasteiger partial charge is 0.481 e. The lowest BCUT2D eigenvalue weighted by Crippen LogP contribution is -2.34. The van der Waals surface area contributed by atoms with E-state index in [1.807, 2.05) is 0 Å². The Labute approximate surface area is 157 Å². The molecule has 2 aromatic rings. The van der Waals surface area contributed by atoms with Crippen LogP contribution < -0.4 is 15.4 Å². The topological polar surface area (TPSA) is 76.7 Å². The van der Waals surface area contributed by atoms with Gasteiger partial charge in [0.05, 0.1) is 17.9 Å². The number of amides is 2. The van der Waals surface area contributed by atoms with E-state index in [1.54, 1.807) is 38.3 Å². The summed E-state index contributed by atoms with van der Waals surface area (Å²) in [5, 5.41) is 5.45. The molecule has 144 valence electrons. The van der Waals surface area contributed by atoms with Crippen LogP contribution in [0.3, 0.4) is 0 Å². The van der Waals surface area contributed by atoms with Crippen molar-refractivity contribution in [2.24, 2.45) is 0 Å². The molecule has 0 aliphatic carbocycles. The van der Waals surface area contributed by atoms with Crippen molar-refractivity contribution in [1.82, 2.24) is 5.32 Å². The van der Waals surface area contributed by atoms with Crippen molar-refractivity contribution in [3.63, 3.8) is 0 Å². The monoisotopic (exact) mass is 374 g/mol. The van der Waals surface area contributed by atoms with E-state index >= 15 is 0 Å². The van der Waals surface area contributed by atoms with Crippen molar-refractivity contribution in [2.45, 2.75) is 19.4 Å². The number of carbonyl (C=O) groups is 2.